The number of halogens is 1. The van der Waals surface area contributed by atoms with Gasteiger partial charge < -0.3 is 5.32 Å². The SMILES string of the molecule is CC(Nc1nnc2ccccc2n1)c1cccc(Br)c1. The third-order valence-electron chi connectivity index (χ3n) is 3.05. The summed E-state index contributed by atoms with van der Waals surface area (Å²) in [5.74, 6) is 0.538. The van der Waals surface area contributed by atoms with Crippen molar-refractivity contribution in [3.63, 3.8) is 0 Å². The fourth-order valence-electron chi connectivity index (χ4n) is 2.00. The molecule has 100 valence electrons. The van der Waals surface area contributed by atoms with Crippen molar-refractivity contribution in [3.8, 4) is 0 Å². The summed E-state index contributed by atoms with van der Waals surface area (Å²) in [4.78, 5) is 4.47. The van der Waals surface area contributed by atoms with Crippen molar-refractivity contribution in [1.82, 2.24) is 15.2 Å². The Labute approximate surface area is 125 Å². The van der Waals surface area contributed by atoms with Crippen LogP contribution in [0.5, 0.6) is 0 Å². The van der Waals surface area contributed by atoms with Crippen molar-refractivity contribution < 1.29 is 0 Å². The van der Waals surface area contributed by atoms with Crippen LogP contribution in [0.25, 0.3) is 11.0 Å². The molecule has 0 saturated heterocycles. The first-order chi connectivity index (χ1) is 9.72. The van der Waals surface area contributed by atoms with E-state index in [0.717, 1.165) is 21.1 Å². The number of hydrogen-bond donors (Lipinski definition) is 1. The lowest BCUT2D eigenvalue weighted by Gasteiger charge is -2.14. The van der Waals surface area contributed by atoms with Crippen LogP contribution in [-0.4, -0.2) is 15.2 Å². The van der Waals surface area contributed by atoms with Gasteiger partial charge in [-0.1, -0.05) is 40.2 Å². The molecule has 20 heavy (non-hydrogen) atoms. The topological polar surface area (TPSA) is 50.7 Å². The third kappa shape index (κ3) is 2.77. The summed E-state index contributed by atoms with van der Waals surface area (Å²) in [6, 6.07) is 16.0. The molecule has 0 radical (unpaired) electrons. The number of anilines is 1. The van der Waals surface area contributed by atoms with Crippen LogP contribution in [0.2, 0.25) is 0 Å². The molecule has 0 aliphatic rings. The number of nitrogens with zero attached hydrogens (tertiary/aromatic N) is 3. The largest absolute Gasteiger partial charge is 0.346 e. The molecule has 0 amide bonds. The minimum absolute atomic E-state index is 0.107. The first-order valence-electron chi connectivity index (χ1n) is 6.34. The molecule has 1 N–H and O–H groups in total. The van der Waals surface area contributed by atoms with Gasteiger partial charge in [-0.3, -0.25) is 0 Å². The van der Waals surface area contributed by atoms with E-state index in [0.29, 0.717) is 5.95 Å². The van der Waals surface area contributed by atoms with E-state index >= 15 is 0 Å². The molecular formula is C15H13BrN4. The highest BCUT2D eigenvalue weighted by Gasteiger charge is 2.08. The maximum absolute atomic E-state index is 4.47. The van der Waals surface area contributed by atoms with E-state index in [1.165, 1.54) is 0 Å². The molecule has 0 aliphatic carbocycles. The number of hydrogen-bond acceptors (Lipinski definition) is 4. The number of benzene rings is 2. The maximum atomic E-state index is 4.47. The van der Waals surface area contributed by atoms with Crippen molar-refractivity contribution in [1.29, 1.82) is 0 Å². The molecule has 3 rings (SSSR count). The lowest BCUT2D eigenvalue weighted by molar-refractivity contribution is 0.848. The number of para-hydroxylation sites is 1. The zero-order valence-corrected chi connectivity index (χ0v) is 12.5. The molecule has 0 fully saturated rings. The molecule has 3 aromatic rings. The summed E-state index contributed by atoms with van der Waals surface area (Å²) < 4.78 is 1.06. The van der Waals surface area contributed by atoms with Crippen molar-refractivity contribution in [2.75, 3.05) is 5.32 Å². The maximum Gasteiger partial charge on any atom is 0.243 e. The summed E-state index contributed by atoms with van der Waals surface area (Å²) in [7, 11) is 0. The molecule has 1 unspecified atom stereocenters. The highest BCUT2D eigenvalue weighted by molar-refractivity contribution is 9.10. The van der Waals surface area contributed by atoms with Crippen LogP contribution in [0, 0.1) is 0 Å². The fraction of sp³-hybridized carbons (Fsp3) is 0.133. The van der Waals surface area contributed by atoms with Crippen LogP contribution in [0.15, 0.2) is 53.0 Å². The predicted molar refractivity (Wildman–Crippen MR) is 83.5 cm³/mol. The Morgan fingerprint density at radius 2 is 1.80 bits per heavy atom. The van der Waals surface area contributed by atoms with Gasteiger partial charge in [-0.15, -0.1) is 10.2 Å². The Kier molecular flexibility index (Phi) is 3.60. The number of rotatable bonds is 3. The van der Waals surface area contributed by atoms with Gasteiger partial charge in [0.2, 0.25) is 5.95 Å². The first-order valence-corrected chi connectivity index (χ1v) is 7.13. The lowest BCUT2D eigenvalue weighted by Crippen LogP contribution is -2.10. The molecule has 4 nitrogen and oxygen atoms in total. The van der Waals surface area contributed by atoms with Gasteiger partial charge >= 0.3 is 0 Å². The molecule has 1 aromatic heterocycles. The quantitative estimate of drug-likeness (QED) is 0.790. The Bertz CT molecular complexity index is 745. The van der Waals surface area contributed by atoms with E-state index in [2.05, 4.69) is 55.5 Å². The lowest BCUT2D eigenvalue weighted by atomic mass is 10.1. The van der Waals surface area contributed by atoms with Crippen LogP contribution in [0.3, 0.4) is 0 Å². The van der Waals surface area contributed by atoms with E-state index in [-0.39, 0.29) is 6.04 Å². The highest BCUT2D eigenvalue weighted by Crippen LogP contribution is 2.20. The Balaban J connectivity index is 1.85. The van der Waals surface area contributed by atoms with Gasteiger partial charge in [0.25, 0.3) is 0 Å². The Morgan fingerprint density at radius 1 is 1.00 bits per heavy atom. The smallest absolute Gasteiger partial charge is 0.243 e. The molecule has 0 saturated carbocycles. The highest BCUT2D eigenvalue weighted by atomic mass is 79.9. The van der Waals surface area contributed by atoms with Gasteiger partial charge in [0, 0.05) is 4.47 Å². The van der Waals surface area contributed by atoms with Crippen LogP contribution in [0.1, 0.15) is 18.5 Å². The fourth-order valence-corrected chi connectivity index (χ4v) is 2.41. The van der Waals surface area contributed by atoms with Gasteiger partial charge in [0.1, 0.15) is 5.52 Å². The molecule has 1 atom stereocenters. The first kappa shape index (κ1) is 13.0. The summed E-state index contributed by atoms with van der Waals surface area (Å²) in [5, 5.41) is 11.5. The number of aromatic nitrogens is 3. The minimum Gasteiger partial charge on any atom is -0.346 e. The van der Waals surface area contributed by atoms with Crippen LogP contribution < -0.4 is 5.32 Å². The third-order valence-corrected chi connectivity index (χ3v) is 3.55. The van der Waals surface area contributed by atoms with Crippen molar-refractivity contribution >= 4 is 32.9 Å². The number of fused-ring (bicyclic) bond motifs is 1. The Morgan fingerprint density at radius 3 is 2.60 bits per heavy atom. The summed E-state index contributed by atoms with van der Waals surface area (Å²) >= 11 is 3.48. The van der Waals surface area contributed by atoms with Gasteiger partial charge in [-0.2, -0.15) is 0 Å². The predicted octanol–water partition coefficient (Wildman–Crippen LogP) is 3.96. The molecule has 1 heterocycles. The van der Waals surface area contributed by atoms with Crippen molar-refractivity contribution in [2.24, 2.45) is 0 Å². The molecule has 2 aromatic carbocycles. The van der Waals surface area contributed by atoms with Gasteiger partial charge in [0.05, 0.1) is 11.6 Å². The second-order valence-electron chi connectivity index (χ2n) is 4.55. The average Bonchev–Trinajstić information content (AvgIpc) is 2.47. The van der Waals surface area contributed by atoms with E-state index in [4.69, 9.17) is 0 Å². The molecular weight excluding hydrogens is 316 g/mol. The monoisotopic (exact) mass is 328 g/mol. The van der Waals surface area contributed by atoms with Gasteiger partial charge in [-0.25, -0.2) is 4.98 Å². The normalized spacial score (nSPS) is 12.3. The van der Waals surface area contributed by atoms with Crippen LogP contribution in [-0.2, 0) is 0 Å². The second-order valence-corrected chi connectivity index (χ2v) is 5.46. The van der Waals surface area contributed by atoms with Gasteiger partial charge in [-0.05, 0) is 36.8 Å². The van der Waals surface area contributed by atoms with Gasteiger partial charge in [0.15, 0.2) is 0 Å². The minimum atomic E-state index is 0.107. The van der Waals surface area contributed by atoms with E-state index < -0.39 is 0 Å². The van der Waals surface area contributed by atoms with Crippen molar-refractivity contribution in [3.05, 3.63) is 58.6 Å². The zero-order chi connectivity index (χ0) is 13.9. The number of nitrogens with one attached hydrogen (secondary N) is 1. The molecule has 0 aliphatic heterocycles. The van der Waals surface area contributed by atoms with Crippen molar-refractivity contribution in [2.45, 2.75) is 13.0 Å². The standard InChI is InChI=1S/C15H13BrN4/c1-10(11-5-4-6-12(16)9-11)17-15-18-13-7-2-3-8-14(13)19-20-15/h2-10H,1H3,(H,17,18,20). The van der Waals surface area contributed by atoms with E-state index in [1.54, 1.807) is 0 Å². The van der Waals surface area contributed by atoms with E-state index in [1.807, 2.05) is 36.4 Å². The molecule has 0 spiro atoms. The average molecular weight is 329 g/mol. The second kappa shape index (κ2) is 5.54. The van der Waals surface area contributed by atoms with E-state index in [9.17, 15) is 0 Å². The van der Waals surface area contributed by atoms with Crippen LogP contribution in [0.4, 0.5) is 5.95 Å². The summed E-state index contributed by atoms with van der Waals surface area (Å²) in [5.41, 5.74) is 2.80. The zero-order valence-electron chi connectivity index (χ0n) is 10.9. The summed E-state index contributed by atoms with van der Waals surface area (Å²) in [6.07, 6.45) is 0. The summed E-state index contributed by atoms with van der Waals surface area (Å²) in [6.45, 7) is 2.07. The van der Waals surface area contributed by atoms with Crippen LogP contribution >= 0.6 is 15.9 Å². The Hall–Kier alpha value is -2.01. The molecule has 5 heteroatoms. The molecule has 0 bridgehead atoms.